The van der Waals surface area contributed by atoms with Crippen LogP contribution in [0.4, 0.5) is 0 Å². The Bertz CT molecular complexity index is 800. The summed E-state index contributed by atoms with van der Waals surface area (Å²) in [6, 6.07) is 17.7. The fraction of sp³-hybridized carbons (Fsp3) is 0.391. The number of amides is 1. The summed E-state index contributed by atoms with van der Waals surface area (Å²) in [5.74, 6) is 0.725. The highest BCUT2D eigenvalue weighted by atomic mass is 16.5. The van der Waals surface area contributed by atoms with Gasteiger partial charge in [0, 0.05) is 13.1 Å². The monoisotopic (exact) mass is 362 g/mol. The second kappa shape index (κ2) is 8.73. The summed E-state index contributed by atoms with van der Waals surface area (Å²) in [7, 11) is 1.90. The molecule has 0 spiro atoms. The molecule has 140 valence electrons. The predicted molar refractivity (Wildman–Crippen MR) is 106 cm³/mol. The zero-order valence-corrected chi connectivity index (χ0v) is 16.0. The molecule has 0 aromatic heterocycles. The molecule has 3 rings (SSSR count). The van der Waals surface area contributed by atoms with E-state index in [0.717, 1.165) is 24.0 Å². The molecule has 1 atom stereocenters. The molecule has 0 unspecified atom stereocenters. The molecule has 1 fully saturated rings. The number of hydrogen-bond acceptors (Lipinski definition) is 3. The van der Waals surface area contributed by atoms with E-state index in [2.05, 4.69) is 6.07 Å². The Labute approximate surface area is 161 Å². The van der Waals surface area contributed by atoms with E-state index in [1.165, 1.54) is 19.3 Å². The van der Waals surface area contributed by atoms with Crippen molar-refractivity contribution >= 4 is 5.91 Å². The molecule has 0 radical (unpaired) electrons. The normalized spacial score (nSPS) is 15.6. The van der Waals surface area contributed by atoms with E-state index in [0.29, 0.717) is 17.4 Å². The minimum absolute atomic E-state index is 0.0399. The van der Waals surface area contributed by atoms with Crippen molar-refractivity contribution in [1.82, 2.24) is 4.90 Å². The zero-order chi connectivity index (χ0) is 19.2. The van der Waals surface area contributed by atoms with E-state index < -0.39 is 6.10 Å². The molecule has 0 heterocycles. The Morgan fingerprint density at radius 3 is 2.15 bits per heavy atom. The van der Waals surface area contributed by atoms with Crippen LogP contribution in [0.5, 0.6) is 5.75 Å². The molecule has 2 aromatic rings. The molecule has 0 aliphatic heterocycles. The van der Waals surface area contributed by atoms with Gasteiger partial charge in [0.15, 0.2) is 6.10 Å². The molecule has 1 aliphatic carbocycles. The maximum absolute atomic E-state index is 12.7. The van der Waals surface area contributed by atoms with Gasteiger partial charge in [0.2, 0.25) is 0 Å². The number of rotatable bonds is 5. The van der Waals surface area contributed by atoms with E-state index in [4.69, 9.17) is 10.00 Å². The van der Waals surface area contributed by atoms with Crippen LogP contribution in [0.1, 0.15) is 44.6 Å². The third kappa shape index (κ3) is 4.68. The summed E-state index contributed by atoms with van der Waals surface area (Å²) < 4.78 is 5.88. The van der Waals surface area contributed by atoms with E-state index in [9.17, 15) is 4.79 Å². The lowest BCUT2D eigenvalue weighted by Crippen LogP contribution is -2.44. The van der Waals surface area contributed by atoms with Gasteiger partial charge >= 0.3 is 0 Å². The number of carbonyl (C=O) groups is 1. The van der Waals surface area contributed by atoms with Gasteiger partial charge in [-0.3, -0.25) is 4.79 Å². The van der Waals surface area contributed by atoms with Gasteiger partial charge in [-0.05, 0) is 55.2 Å². The quantitative estimate of drug-likeness (QED) is 0.769. The van der Waals surface area contributed by atoms with E-state index in [1.807, 2.05) is 67.4 Å². The molecule has 1 saturated carbocycles. The minimum Gasteiger partial charge on any atom is -0.481 e. The van der Waals surface area contributed by atoms with Gasteiger partial charge in [-0.25, -0.2) is 0 Å². The average molecular weight is 362 g/mol. The number of hydrogen-bond donors (Lipinski definition) is 0. The first-order chi connectivity index (χ1) is 13.1. The number of likely N-dealkylation sites (N-methyl/N-ethyl adjacent to an activating group) is 1. The molecule has 0 bridgehead atoms. The molecule has 0 N–H and O–H groups in total. The molecule has 4 heteroatoms. The van der Waals surface area contributed by atoms with Crippen LogP contribution in [0.2, 0.25) is 0 Å². The minimum atomic E-state index is -0.502. The van der Waals surface area contributed by atoms with Gasteiger partial charge in [0.1, 0.15) is 5.75 Å². The highest BCUT2D eigenvalue weighted by Crippen LogP contribution is 2.25. The second-order valence-electron chi connectivity index (χ2n) is 7.21. The van der Waals surface area contributed by atoms with Crippen LogP contribution in [0.25, 0.3) is 11.1 Å². The van der Waals surface area contributed by atoms with Crippen molar-refractivity contribution in [2.45, 2.75) is 51.2 Å². The average Bonchev–Trinajstić information content (AvgIpc) is 2.74. The van der Waals surface area contributed by atoms with Crippen LogP contribution >= 0.6 is 0 Å². The van der Waals surface area contributed by atoms with E-state index >= 15 is 0 Å². The van der Waals surface area contributed by atoms with Gasteiger partial charge in [0.05, 0.1) is 11.6 Å². The van der Waals surface area contributed by atoms with Crippen molar-refractivity contribution in [2.75, 3.05) is 7.05 Å². The molecule has 2 aromatic carbocycles. The molecule has 4 nitrogen and oxygen atoms in total. The highest BCUT2D eigenvalue weighted by Gasteiger charge is 2.26. The zero-order valence-electron chi connectivity index (χ0n) is 16.0. The van der Waals surface area contributed by atoms with Gasteiger partial charge in [-0.15, -0.1) is 0 Å². The van der Waals surface area contributed by atoms with Crippen molar-refractivity contribution in [2.24, 2.45) is 0 Å². The third-order valence-corrected chi connectivity index (χ3v) is 5.33. The largest absolute Gasteiger partial charge is 0.481 e. The number of ether oxygens (including phenoxy) is 1. The molecule has 0 saturated heterocycles. The first-order valence-electron chi connectivity index (χ1n) is 9.62. The standard InChI is InChI=1S/C23H26N2O2/c1-17(23(26)25(2)21-6-4-3-5-7-21)27-22-14-12-20(13-15-22)19-10-8-18(16-24)9-11-19/h8-15,17,21H,3-7H2,1-2H3/t17-/m1/s1. The molecule has 1 aliphatic rings. The first kappa shape index (κ1) is 19.0. The predicted octanol–water partition coefficient (Wildman–Crippen LogP) is 4.78. The summed E-state index contributed by atoms with van der Waals surface area (Å²) >= 11 is 0. The van der Waals surface area contributed by atoms with E-state index in [-0.39, 0.29) is 5.91 Å². The Morgan fingerprint density at radius 2 is 1.59 bits per heavy atom. The Hall–Kier alpha value is -2.80. The number of nitriles is 1. The van der Waals surface area contributed by atoms with Crippen molar-refractivity contribution in [3.63, 3.8) is 0 Å². The summed E-state index contributed by atoms with van der Waals surface area (Å²) in [4.78, 5) is 14.5. The second-order valence-corrected chi connectivity index (χ2v) is 7.21. The van der Waals surface area contributed by atoms with Crippen LogP contribution in [-0.4, -0.2) is 30.0 Å². The molecule has 27 heavy (non-hydrogen) atoms. The Kier molecular flexibility index (Phi) is 6.13. The van der Waals surface area contributed by atoms with Crippen LogP contribution in [0.15, 0.2) is 48.5 Å². The molecular weight excluding hydrogens is 336 g/mol. The molecule has 1 amide bonds. The van der Waals surface area contributed by atoms with Crippen molar-refractivity contribution in [3.05, 3.63) is 54.1 Å². The van der Waals surface area contributed by atoms with Gasteiger partial charge in [0.25, 0.3) is 5.91 Å². The SMILES string of the molecule is C[C@@H](Oc1ccc(-c2ccc(C#N)cc2)cc1)C(=O)N(C)C1CCCCC1. The van der Waals surface area contributed by atoms with Crippen LogP contribution in [0, 0.1) is 11.3 Å². The van der Waals surface area contributed by atoms with E-state index in [1.54, 1.807) is 0 Å². The van der Waals surface area contributed by atoms with Crippen LogP contribution in [0.3, 0.4) is 0 Å². The smallest absolute Gasteiger partial charge is 0.263 e. The highest BCUT2D eigenvalue weighted by molar-refractivity contribution is 5.81. The lowest BCUT2D eigenvalue weighted by atomic mass is 9.94. The fourth-order valence-electron chi connectivity index (χ4n) is 3.65. The summed E-state index contributed by atoms with van der Waals surface area (Å²) in [6.45, 7) is 1.82. The van der Waals surface area contributed by atoms with Crippen molar-refractivity contribution < 1.29 is 9.53 Å². The maximum Gasteiger partial charge on any atom is 0.263 e. The van der Waals surface area contributed by atoms with Crippen molar-refractivity contribution in [3.8, 4) is 22.9 Å². The van der Waals surface area contributed by atoms with Crippen molar-refractivity contribution in [1.29, 1.82) is 5.26 Å². The fourth-order valence-corrected chi connectivity index (χ4v) is 3.65. The topological polar surface area (TPSA) is 53.3 Å². The van der Waals surface area contributed by atoms with Gasteiger partial charge < -0.3 is 9.64 Å². The van der Waals surface area contributed by atoms with Crippen LogP contribution in [-0.2, 0) is 4.79 Å². The van der Waals surface area contributed by atoms with Gasteiger partial charge in [-0.2, -0.15) is 5.26 Å². The summed E-state index contributed by atoms with van der Waals surface area (Å²) in [5, 5.41) is 8.89. The first-order valence-corrected chi connectivity index (χ1v) is 9.62. The third-order valence-electron chi connectivity index (χ3n) is 5.33. The number of benzene rings is 2. The number of nitrogens with zero attached hydrogens (tertiary/aromatic N) is 2. The number of carbonyl (C=O) groups excluding carboxylic acids is 1. The lowest BCUT2D eigenvalue weighted by molar-refractivity contribution is -0.139. The summed E-state index contributed by atoms with van der Waals surface area (Å²) in [5.41, 5.74) is 2.74. The Morgan fingerprint density at radius 1 is 1.04 bits per heavy atom. The Balaban J connectivity index is 1.61. The van der Waals surface area contributed by atoms with Gasteiger partial charge in [-0.1, -0.05) is 43.5 Å². The lowest BCUT2D eigenvalue weighted by Gasteiger charge is -2.32. The molecular formula is C23H26N2O2. The van der Waals surface area contributed by atoms with Crippen LogP contribution < -0.4 is 4.74 Å². The summed E-state index contributed by atoms with van der Waals surface area (Å²) in [6.07, 6.45) is 5.36. The maximum atomic E-state index is 12.7.